The number of rotatable bonds is 2. The van der Waals surface area contributed by atoms with Gasteiger partial charge in [-0.2, -0.15) is 0 Å². The molecule has 0 aromatic carbocycles. The zero-order valence-corrected chi connectivity index (χ0v) is 11.3. The summed E-state index contributed by atoms with van der Waals surface area (Å²) in [5.74, 6) is 0.548. The SMILES string of the molecule is c1cncc(-c2nnc(N3CCN4CCC3CC4)o2)c1. The highest BCUT2D eigenvalue weighted by Crippen LogP contribution is 2.27. The largest absolute Gasteiger partial charge is 0.403 e. The van der Waals surface area contributed by atoms with E-state index in [0.717, 1.165) is 18.7 Å². The molecule has 3 fully saturated rings. The van der Waals surface area contributed by atoms with Gasteiger partial charge < -0.3 is 14.2 Å². The number of nitrogens with zero attached hydrogens (tertiary/aromatic N) is 5. The van der Waals surface area contributed by atoms with Crippen molar-refractivity contribution in [3.63, 3.8) is 0 Å². The van der Waals surface area contributed by atoms with Crippen molar-refractivity contribution in [2.75, 3.05) is 31.1 Å². The summed E-state index contributed by atoms with van der Waals surface area (Å²) in [6.45, 7) is 4.43. The quantitative estimate of drug-likeness (QED) is 0.823. The van der Waals surface area contributed by atoms with Crippen LogP contribution in [-0.4, -0.2) is 52.3 Å². The van der Waals surface area contributed by atoms with Gasteiger partial charge in [0.25, 0.3) is 5.89 Å². The van der Waals surface area contributed by atoms with Gasteiger partial charge in [0.1, 0.15) is 0 Å². The molecule has 3 saturated heterocycles. The van der Waals surface area contributed by atoms with Crippen molar-refractivity contribution in [2.45, 2.75) is 18.9 Å². The predicted octanol–water partition coefficient (Wildman–Crippen LogP) is 1.42. The molecule has 2 aromatic heterocycles. The Balaban J connectivity index is 1.61. The summed E-state index contributed by atoms with van der Waals surface area (Å²) in [7, 11) is 0. The van der Waals surface area contributed by atoms with Crippen LogP contribution in [0.15, 0.2) is 28.9 Å². The third kappa shape index (κ3) is 2.06. The Morgan fingerprint density at radius 2 is 2.00 bits per heavy atom. The molecule has 5 rings (SSSR count). The minimum atomic E-state index is 0.538. The first-order valence-electron chi connectivity index (χ1n) is 7.13. The number of hydrogen-bond donors (Lipinski definition) is 0. The second kappa shape index (κ2) is 4.86. The minimum absolute atomic E-state index is 0.538. The Kier molecular flexibility index (Phi) is 2.88. The first-order valence-corrected chi connectivity index (χ1v) is 7.13. The van der Waals surface area contributed by atoms with Crippen LogP contribution in [0.25, 0.3) is 11.5 Å². The molecular formula is C14H17N5O. The van der Waals surface area contributed by atoms with Gasteiger partial charge in [-0.25, -0.2) is 0 Å². The first-order chi connectivity index (χ1) is 9.90. The van der Waals surface area contributed by atoms with E-state index in [1.165, 1.54) is 25.9 Å². The molecule has 0 N–H and O–H groups in total. The fraction of sp³-hybridized carbons (Fsp3) is 0.500. The normalized spacial score (nSPS) is 25.7. The minimum Gasteiger partial charge on any atom is -0.403 e. The van der Waals surface area contributed by atoms with Gasteiger partial charge >= 0.3 is 6.01 Å². The number of anilines is 1. The average molecular weight is 271 g/mol. The fourth-order valence-electron chi connectivity index (χ4n) is 3.08. The maximum absolute atomic E-state index is 5.86. The molecule has 2 aromatic rings. The van der Waals surface area contributed by atoms with Gasteiger partial charge in [0.2, 0.25) is 0 Å². The third-order valence-corrected chi connectivity index (χ3v) is 4.22. The molecule has 5 heterocycles. The number of fused-ring (bicyclic) bond motifs is 4. The van der Waals surface area contributed by atoms with Crippen LogP contribution < -0.4 is 4.90 Å². The molecule has 3 aliphatic rings. The van der Waals surface area contributed by atoms with Crippen molar-refractivity contribution in [3.05, 3.63) is 24.5 Å². The van der Waals surface area contributed by atoms with Gasteiger partial charge in [-0.15, -0.1) is 5.10 Å². The fourth-order valence-corrected chi connectivity index (χ4v) is 3.08. The Morgan fingerprint density at radius 3 is 2.80 bits per heavy atom. The van der Waals surface area contributed by atoms with Crippen LogP contribution in [0.2, 0.25) is 0 Å². The topological polar surface area (TPSA) is 58.3 Å². The second-order valence-corrected chi connectivity index (χ2v) is 5.40. The van der Waals surface area contributed by atoms with E-state index in [0.29, 0.717) is 17.9 Å². The molecule has 6 nitrogen and oxygen atoms in total. The van der Waals surface area contributed by atoms with E-state index in [9.17, 15) is 0 Å². The summed E-state index contributed by atoms with van der Waals surface area (Å²) in [5.41, 5.74) is 0.870. The van der Waals surface area contributed by atoms with E-state index in [2.05, 4.69) is 25.0 Å². The first kappa shape index (κ1) is 11.8. The highest BCUT2D eigenvalue weighted by molar-refractivity contribution is 5.51. The lowest BCUT2D eigenvalue weighted by atomic mass is 10.1. The summed E-state index contributed by atoms with van der Waals surface area (Å²) in [6.07, 6.45) is 5.86. The van der Waals surface area contributed by atoms with Crippen molar-refractivity contribution in [2.24, 2.45) is 0 Å². The smallest absolute Gasteiger partial charge is 0.318 e. The van der Waals surface area contributed by atoms with Gasteiger partial charge in [0.05, 0.1) is 5.56 Å². The molecular weight excluding hydrogens is 254 g/mol. The number of aromatic nitrogens is 3. The predicted molar refractivity (Wildman–Crippen MR) is 74.3 cm³/mol. The van der Waals surface area contributed by atoms with Gasteiger partial charge in [0.15, 0.2) is 0 Å². The number of piperidine rings is 1. The lowest BCUT2D eigenvalue weighted by molar-refractivity contribution is 0.249. The summed E-state index contributed by atoms with van der Waals surface area (Å²) in [5, 5.41) is 8.40. The molecule has 104 valence electrons. The molecule has 6 heteroatoms. The Morgan fingerprint density at radius 1 is 1.10 bits per heavy atom. The van der Waals surface area contributed by atoms with Gasteiger partial charge in [-0.05, 0) is 25.0 Å². The summed E-state index contributed by atoms with van der Waals surface area (Å²) in [6, 6.07) is 5.00. The van der Waals surface area contributed by atoms with E-state index in [1.54, 1.807) is 12.4 Å². The molecule has 20 heavy (non-hydrogen) atoms. The van der Waals surface area contributed by atoms with Gasteiger partial charge in [-0.3, -0.25) is 4.98 Å². The van der Waals surface area contributed by atoms with E-state index in [4.69, 9.17) is 4.42 Å². The molecule has 0 atom stereocenters. The van der Waals surface area contributed by atoms with Crippen LogP contribution in [0, 0.1) is 0 Å². The lowest BCUT2D eigenvalue weighted by Crippen LogP contribution is -2.38. The van der Waals surface area contributed by atoms with Crippen LogP contribution in [0.5, 0.6) is 0 Å². The summed E-state index contributed by atoms with van der Waals surface area (Å²) >= 11 is 0. The van der Waals surface area contributed by atoms with Crippen LogP contribution in [0.1, 0.15) is 12.8 Å². The Hall–Kier alpha value is -1.95. The zero-order valence-electron chi connectivity index (χ0n) is 11.3. The molecule has 3 aliphatic heterocycles. The third-order valence-electron chi connectivity index (χ3n) is 4.22. The van der Waals surface area contributed by atoms with E-state index in [1.807, 2.05) is 12.1 Å². The van der Waals surface area contributed by atoms with Crippen LogP contribution >= 0.6 is 0 Å². The zero-order chi connectivity index (χ0) is 13.4. The molecule has 0 unspecified atom stereocenters. The summed E-state index contributed by atoms with van der Waals surface area (Å²) < 4.78 is 5.86. The summed E-state index contributed by atoms with van der Waals surface area (Å²) in [4.78, 5) is 8.87. The van der Waals surface area contributed by atoms with E-state index in [-0.39, 0.29) is 0 Å². The van der Waals surface area contributed by atoms with Crippen LogP contribution in [0.4, 0.5) is 6.01 Å². The average Bonchev–Trinajstić information content (AvgIpc) is 2.81. The number of pyridine rings is 1. The molecule has 0 amide bonds. The van der Waals surface area contributed by atoms with Crippen molar-refractivity contribution in [1.29, 1.82) is 0 Å². The monoisotopic (exact) mass is 271 g/mol. The standard InChI is InChI=1S/C14H17N5O/c1-2-11(10-15-5-1)13-16-17-14(20-13)19-9-8-18-6-3-12(19)4-7-18/h1-2,5,10,12H,3-4,6-9H2. The van der Waals surface area contributed by atoms with Crippen LogP contribution in [0.3, 0.4) is 0 Å². The lowest BCUT2D eigenvalue weighted by Gasteiger charge is -2.29. The highest BCUT2D eigenvalue weighted by Gasteiger charge is 2.31. The Labute approximate surface area is 117 Å². The molecule has 0 spiro atoms. The number of hydrogen-bond acceptors (Lipinski definition) is 6. The van der Waals surface area contributed by atoms with Crippen molar-refractivity contribution in [3.8, 4) is 11.5 Å². The van der Waals surface area contributed by atoms with E-state index >= 15 is 0 Å². The highest BCUT2D eigenvalue weighted by atomic mass is 16.4. The van der Waals surface area contributed by atoms with Gasteiger partial charge in [-0.1, -0.05) is 5.10 Å². The second-order valence-electron chi connectivity index (χ2n) is 5.40. The molecule has 0 radical (unpaired) electrons. The molecule has 0 aliphatic carbocycles. The van der Waals surface area contributed by atoms with Gasteiger partial charge in [0, 0.05) is 44.6 Å². The van der Waals surface area contributed by atoms with Crippen molar-refractivity contribution in [1.82, 2.24) is 20.1 Å². The molecule has 0 saturated carbocycles. The van der Waals surface area contributed by atoms with Crippen molar-refractivity contribution >= 4 is 6.01 Å². The Bertz CT molecular complexity index is 576. The molecule has 2 bridgehead atoms. The maximum atomic E-state index is 5.86. The maximum Gasteiger partial charge on any atom is 0.318 e. The van der Waals surface area contributed by atoms with Crippen LogP contribution in [-0.2, 0) is 0 Å². The van der Waals surface area contributed by atoms with E-state index < -0.39 is 0 Å². The van der Waals surface area contributed by atoms with Crippen molar-refractivity contribution < 1.29 is 4.42 Å².